The van der Waals surface area contributed by atoms with Crippen molar-refractivity contribution >= 4 is 33.0 Å². The van der Waals surface area contributed by atoms with Crippen LogP contribution in [0, 0.1) is 0 Å². The second kappa shape index (κ2) is 13.0. The van der Waals surface area contributed by atoms with E-state index in [0.29, 0.717) is 28.9 Å². The van der Waals surface area contributed by atoms with Crippen LogP contribution in [0.1, 0.15) is 22.5 Å². The number of oxazole rings is 1. The first-order valence-electron chi connectivity index (χ1n) is 19.7. The molecule has 7 heterocycles. The van der Waals surface area contributed by atoms with Gasteiger partial charge >= 0.3 is 0 Å². The molecule has 0 N–H and O–H groups in total. The number of hydrogen-bond acceptors (Lipinski definition) is 6. The van der Waals surface area contributed by atoms with Crippen molar-refractivity contribution in [1.82, 2.24) is 19.9 Å². The molecule has 0 spiro atoms. The van der Waals surface area contributed by atoms with E-state index in [1.54, 1.807) is 0 Å². The Kier molecular flexibility index (Phi) is 7.34. The first-order valence-corrected chi connectivity index (χ1v) is 19.7. The highest BCUT2D eigenvalue weighted by Crippen LogP contribution is 2.46. The Labute approximate surface area is 339 Å². The van der Waals surface area contributed by atoms with Crippen molar-refractivity contribution in [2.75, 3.05) is 0 Å². The Morgan fingerprint density at radius 1 is 0.322 bits per heavy atom. The summed E-state index contributed by atoms with van der Waals surface area (Å²) in [6.45, 7) is 0. The van der Waals surface area contributed by atoms with E-state index in [4.69, 9.17) is 28.8 Å². The van der Waals surface area contributed by atoms with Crippen LogP contribution in [0.2, 0.25) is 0 Å². The zero-order valence-corrected chi connectivity index (χ0v) is 31.6. The summed E-state index contributed by atoms with van der Waals surface area (Å²) in [5, 5.41) is 1.93. The minimum absolute atomic E-state index is 0.530. The fraction of sp³-hybridized carbons (Fsp3) is 0.0189. The Morgan fingerprint density at radius 2 is 0.831 bits per heavy atom. The Bertz CT molecular complexity index is 3340. The van der Waals surface area contributed by atoms with Gasteiger partial charge in [-0.15, -0.1) is 0 Å². The summed E-state index contributed by atoms with van der Waals surface area (Å²) in [6.07, 6.45) is 0. The molecular formula is C53H32N4O2. The monoisotopic (exact) mass is 756 g/mol. The van der Waals surface area contributed by atoms with Crippen LogP contribution in [0.5, 0.6) is 0 Å². The van der Waals surface area contributed by atoms with Crippen LogP contribution in [0.3, 0.4) is 0 Å². The highest BCUT2D eigenvalue weighted by atomic mass is 16.4. The van der Waals surface area contributed by atoms with Gasteiger partial charge in [0, 0.05) is 22.1 Å². The van der Waals surface area contributed by atoms with Crippen molar-refractivity contribution in [2.45, 2.75) is 5.41 Å². The molecular weight excluding hydrogens is 725 g/mol. The van der Waals surface area contributed by atoms with Gasteiger partial charge in [-0.3, -0.25) is 0 Å². The van der Waals surface area contributed by atoms with Crippen molar-refractivity contribution in [1.29, 1.82) is 0 Å². The average Bonchev–Trinajstić information content (AvgIpc) is 3.93. The predicted molar refractivity (Wildman–Crippen MR) is 234 cm³/mol. The zero-order chi connectivity index (χ0) is 38.9. The Balaban J connectivity index is 1.20. The maximum atomic E-state index is 6.55. The molecule has 0 amide bonds. The lowest BCUT2D eigenvalue weighted by molar-refractivity contribution is 0.619. The third-order valence-corrected chi connectivity index (χ3v) is 11.7. The van der Waals surface area contributed by atoms with E-state index in [1.165, 1.54) is 0 Å². The molecule has 0 saturated carbocycles. The minimum Gasteiger partial charge on any atom is -0.456 e. The molecule has 0 fully saturated rings. The lowest BCUT2D eigenvalue weighted by Gasteiger charge is -2.35. The van der Waals surface area contributed by atoms with Gasteiger partial charge in [0.05, 0.1) is 5.39 Å². The first kappa shape index (κ1) is 33.2. The molecule has 0 aliphatic carbocycles. The predicted octanol–water partition coefficient (Wildman–Crippen LogP) is 12.9. The molecule has 11 aromatic rings. The number of furan rings is 1. The van der Waals surface area contributed by atoms with E-state index in [9.17, 15) is 0 Å². The van der Waals surface area contributed by atoms with E-state index < -0.39 is 5.41 Å². The number of aromatic nitrogens is 4. The summed E-state index contributed by atoms with van der Waals surface area (Å²) in [5.74, 6) is 2.31. The van der Waals surface area contributed by atoms with Crippen LogP contribution in [-0.2, 0) is 5.41 Å². The van der Waals surface area contributed by atoms with Crippen molar-refractivity contribution in [3.05, 3.63) is 217 Å². The average molecular weight is 757 g/mol. The van der Waals surface area contributed by atoms with Gasteiger partial charge in [-0.2, -0.15) is 0 Å². The minimum atomic E-state index is -0.976. The third kappa shape index (κ3) is 5.20. The van der Waals surface area contributed by atoms with Gasteiger partial charge in [-0.1, -0.05) is 164 Å². The molecule has 15 rings (SSSR count). The van der Waals surface area contributed by atoms with Gasteiger partial charge < -0.3 is 8.83 Å². The molecule has 1 atom stereocenters. The van der Waals surface area contributed by atoms with Crippen LogP contribution in [0.4, 0.5) is 0 Å². The normalized spacial score (nSPS) is 14.5. The summed E-state index contributed by atoms with van der Waals surface area (Å²) in [6, 6.07) is 67.0. The second-order valence-electron chi connectivity index (χ2n) is 15.0. The molecule has 59 heavy (non-hydrogen) atoms. The van der Waals surface area contributed by atoms with Gasteiger partial charge in [0.1, 0.15) is 22.1 Å². The second-order valence-corrected chi connectivity index (χ2v) is 15.0. The molecule has 8 bridgehead atoms. The number of nitrogens with zero attached hydrogens (tertiary/aromatic N) is 4. The molecule has 0 saturated heterocycles. The van der Waals surface area contributed by atoms with Crippen molar-refractivity contribution < 1.29 is 8.83 Å². The first-order chi connectivity index (χ1) is 29.2. The molecule has 4 aliphatic rings. The van der Waals surface area contributed by atoms with Crippen molar-refractivity contribution in [3.63, 3.8) is 0 Å². The largest absolute Gasteiger partial charge is 0.456 e. The standard InChI is InChI=1S/C53H32N4O2/c1-4-11-33(12-5-1)34-23-27-40(28-24-34)53(39-15-8-3-9-16-39)41-29-25-38(26-30-41)51-54-48-45(59-51)32-31-44-47(48)46-42(17-10-18-43(46)58-44)35-19-21-37(22-20-35)50-55-49(56-52(53)57-50)36-13-6-2-7-14-36/h1-32H. The molecule has 0 radical (unpaired) electrons. The van der Waals surface area contributed by atoms with Gasteiger partial charge in [0.25, 0.3) is 0 Å². The summed E-state index contributed by atoms with van der Waals surface area (Å²) >= 11 is 0. The van der Waals surface area contributed by atoms with Crippen LogP contribution < -0.4 is 0 Å². The summed E-state index contributed by atoms with van der Waals surface area (Å²) < 4.78 is 13.0. The van der Waals surface area contributed by atoms with Crippen molar-refractivity contribution in [3.8, 4) is 56.5 Å². The summed E-state index contributed by atoms with van der Waals surface area (Å²) in [7, 11) is 0. The van der Waals surface area contributed by atoms with Crippen molar-refractivity contribution in [2.24, 2.45) is 0 Å². The van der Waals surface area contributed by atoms with E-state index >= 15 is 0 Å². The summed E-state index contributed by atoms with van der Waals surface area (Å²) in [5.41, 5.74) is 12.0. The van der Waals surface area contributed by atoms with Gasteiger partial charge in [-0.05, 0) is 69.3 Å². The lowest BCUT2D eigenvalue weighted by atomic mass is 9.68. The molecule has 8 aromatic carbocycles. The number of rotatable bonds is 4. The van der Waals surface area contributed by atoms with Crippen LogP contribution in [0.15, 0.2) is 203 Å². The topological polar surface area (TPSA) is 77.8 Å². The van der Waals surface area contributed by atoms with Gasteiger partial charge in [0.15, 0.2) is 23.1 Å². The fourth-order valence-corrected chi connectivity index (χ4v) is 8.83. The SMILES string of the molecule is c1ccc(-c2ccc(C3(c4ccccc4)c4ccc(cc4)-c4nc5c(ccc6oc7cccc(c7c65)-c5ccc(cc5)-c5nc(-c6ccccc6)nc3n5)o4)cc2)cc1. The van der Waals surface area contributed by atoms with Crippen LogP contribution in [-0.4, -0.2) is 19.9 Å². The third-order valence-electron chi connectivity index (χ3n) is 11.7. The zero-order valence-electron chi connectivity index (χ0n) is 31.6. The molecule has 1 unspecified atom stereocenters. The van der Waals surface area contributed by atoms with E-state index in [-0.39, 0.29) is 0 Å². The van der Waals surface area contributed by atoms with Gasteiger partial charge in [-0.25, -0.2) is 19.9 Å². The highest BCUT2D eigenvalue weighted by molar-refractivity contribution is 6.21. The van der Waals surface area contributed by atoms with Crippen LogP contribution >= 0.6 is 0 Å². The highest BCUT2D eigenvalue weighted by Gasteiger charge is 2.42. The smallest absolute Gasteiger partial charge is 0.227 e. The quantitative estimate of drug-likeness (QED) is 0.178. The summed E-state index contributed by atoms with van der Waals surface area (Å²) in [4.78, 5) is 21.3. The van der Waals surface area contributed by atoms with E-state index in [1.807, 2.05) is 54.6 Å². The molecule has 4 aliphatic heterocycles. The fourth-order valence-electron chi connectivity index (χ4n) is 8.83. The number of hydrogen-bond donors (Lipinski definition) is 0. The Hall–Kier alpha value is -7.96. The van der Waals surface area contributed by atoms with Crippen LogP contribution in [0.25, 0.3) is 89.5 Å². The molecule has 3 aromatic heterocycles. The molecule has 6 nitrogen and oxygen atoms in total. The Morgan fingerprint density at radius 3 is 1.51 bits per heavy atom. The van der Waals surface area contributed by atoms with Gasteiger partial charge in [0.2, 0.25) is 5.89 Å². The van der Waals surface area contributed by atoms with E-state index in [2.05, 4.69) is 140 Å². The number of benzene rings is 8. The molecule has 276 valence electrons. The maximum absolute atomic E-state index is 6.55. The van der Waals surface area contributed by atoms with E-state index in [0.717, 1.165) is 83.1 Å². The molecule has 6 heteroatoms. The lowest BCUT2D eigenvalue weighted by Crippen LogP contribution is -2.34. The maximum Gasteiger partial charge on any atom is 0.227 e.